The molecule has 0 aliphatic carbocycles. The van der Waals surface area contributed by atoms with Gasteiger partial charge in [-0.05, 0) is 67.8 Å². The molecular formula is C17H17NO4S. The first-order valence-electron chi connectivity index (χ1n) is 7.35. The zero-order chi connectivity index (χ0) is 16.4. The summed E-state index contributed by atoms with van der Waals surface area (Å²) in [5.41, 5.74) is 1.87. The van der Waals surface area contributed by atoms with Gasteiger partial charge in [0.1, 0.15) is 5.75 Å². The number of ether oxygens (including phenoxy) is 1. The maximum Gasteiger partial charge on any atom is 0.261 e. The molecule has 0 bridgehead atoms. The van der Waals surface area contributed by atoms with Crippen molar-refractivity contribution in [2.75, 3.05) is 11.3 Å². The van der Waals surface area contributed by atoms with E-state index >= 15 is 0 Å². The molecule has 1 aliphatic rings. The fourth-order valence-corrected chi connectivity index (χ4v) is 3.60. The summed E-state index contributed by atoms with van der Waals surface area (Å²) < 4.78 is 33.0. The largest absolute Gasteiger partial charge is 0.493 e. The van der Waals surface area contributed by atoms with Crippen molar-refractivity contribution >= 4 is 21.5 Å². The molecule has 2 aromatic rings. The molecule has 1 heterocycles. The van der Waals surface area contributed by atoms with Crippen LogP contribution in [0.5, 0.6) is 5.75 Å². The molecule has 5 nitrogen and oxygen atoms in total. The van der Waals surface area contributed by atoms with Gasteiger partial charge in [0.25, 0.3) is 10.0 Å². The van der Waals surface area contributed by atoms with Gasteiger partial charge in [-0.25, -0.2) is 8.42 Å². The third-order valence-corrected chi connectivity index (χ3v) is 5.11. The molecule has 1 N–H and O–H groups in total. The standard InChI is InChI=1S/C17H17NO4S/c1-12(19)13-4-6-15(7-5-13)18-23(20,21)16-8-9-17-14(11-16)3-2-10-22-17/h4-9,11,18H,2-3,10H2,1H3. The molecule has 0 amide bonds. The van der Waals surface area contributed by atoms with Crippen molar-refractivity contribution in [3.05, 3.63) is 53.6 Å². The van der Waals surface area contributed by atoms with E-state index in [0.29, 0.717) is 17.9 Å². The lowest BCUT2D eigenvalue weighted by Crippen LogP contribution is -2.15. The average molecular weight is 331 g/mol. The van der Waals surface area contributed by atoms with Crippen molar-refractivity contribution in [3.8, 4) is 5.75 Å². The number of benzene rings is 2. The number of nitrogens with one attached hydrogen (secondary N) is 1. The van der Waals surface area contributed by atoms with Crippen LogP contribution in [0.15, 0.2) is 47.4 Å². The summed E-state index contributed by atoms with van der Waals surface area (Å²) in [5.74, 6) is 0.690. The summed E-state index contributed by atoms with van der Waals surface area (Å²) in [6.45, 7) is 2.13. The minimum absolute atomic E-state index is 0.0610. The van der Waals surface area contributed by atoms with Gasteiger partial charge in [0.2, 0.25) is 0 Å². The Kier molecular flexibility index (Phi) is 4.09. The van der Waals surface area contributed by atoms with E-state index in [1.54, 1.807) is 36.4 Å². The Morgan fingerprint density at radius 1 is 1.13 bits per heavy atom. The fraction of sp³-hybridized carbons (Fsp3) is 0.235. The molecule has 0 fully saturated rings. The highest BCUT2D eigenvalue weighted by Crippen LogP contribution is 2.28. The number of carbonyl (C=O) groups excluding carboxylic acids is 1. The number of sulfonamides is 1. The highest BCUT2D eigenvalue weighted by atomic mass is 32.2. The summed E-state index contributed by atoms with van der Waals surface area (Å²) in [7, 11) is -3.67. The summed E-state index contributed by atoms with van der Waals surface area (Å²) in [6, 6.07) is 11.2. The molecular weight excluding hydrogens is 314 g/mol. The molecule has 0 atom stereocenters. The van der Waals surface area contributed by atoms with Crippen LogP contribution in [0.2, 0.25) is 0 Å². The van der Waals surface area contributed by atoms with Crippen LogP contribution in [0, 0.1) is 0 Å². The molecule has 3 rings (SSSR count). The molecule has 23 heavy (non-hydrogen) atoms. The summed E-state index contributed by atoms with van der Waals surface area (Å²) >= 11 is 0. The first-order valence-corrected chi connectivity index (χ1v) is 8.83. The predicted molar refractivity (Wildman–Crippen MR) is 87.5 cm³/mol. The molecule has 0 saturated heterocycles. The third-order valence-electron chi connectivity index (χ3n) is 3.73. The van der Waals surface area contributed by atoms with Gasteiger partial charge < -0.3 is 4.74 Å². The minimum atomic E-state index is -3.67. The number of hydrogen-bond acceptors (Lipinski definition) is 4. The van der Waals surface area contributed by atoms with Crippen LogP contribution in [0.4, 0.5) is 5.69 Å². The third kappa shape index (κ3) is 3.37. The topological polar surface area (TPSA) is 72.5 Å². The molecule has 0 aromatic heterocycles. The molecule has 0 radical (unpaired) electrons. The Morgan fingerprint density at radius 3 is 2.57 bits per heavy atom. The molecule has 2 aromatic carbocycles. The van der Waals surface area contributed by atoms with Gasteiger partial charge in [0.05, 0.1) is 11.5 Å². The molecule has 0 spiro atoms. The van der Waals surface area contributed by atoms with E-state index in [2.05, 4.69) is 4.72 Å². The summed E-state index contributed by atoms with van der Waals surface area (Å²) in [4.78, 5) is 11.5. The van der Waals surface area contributed by atoms with E-state index < -0.39 is 10.0 Å². The van der Waals surface area contributed by atoms with Crippen LogP contribution in [-0.2, 0) is 16.4 Å². The highest BCUT2D eigenvalue weighted by Gasteiger charge is 2.18. The molecule has 1 aliphatic heterocycles. The van der Waals surface area contributed by atoms with Crippen LogP contribution in [0.25, 0.3) is 0 Å². The van der Waals surface area contributed by atoms with E-state index in [1.807, 2.05) is 0 Å². The maximum absolute atomic E-state index is 12.5. The second-order valence-corrected chi connectivity index (χ2v) is 7.14. The monoisotopic (exact) mass is 331 g/mol. The van der Waals surface area contributed by atoms with Crippen molar-refractivity contribution in [1.82, 2.24) is 0 Å². The number of aryl methyl sites for hydroxylation is 1. The number of hydrogen-bond donors (Lipinski definition) is 1. The highest BCUT2D eigenvalue weighted by molar-refractivity contribution is 7.92. The first-order chi connectivity index (χ1) is 11.0. The minimum Gasteiger partial charge on any atom is -0.493 e. The summed E-state index contributed by atoms with van der Waals surface area (Å²) in [6.07, 6.45) is 1.70. The molecule has 0 saturated carbocycles. The second-order valence-electron chi connectivity index (χ2n) is 5.46. The second kappa shape index (κ2) is 6.04. The Hall–Kier alpha value is -2.34. The smallest absolute Gasteiger partial charge is 0.261 e. The number of ketones is 1. The van der Waals surface area contributed by atoms with E-state index in [1.165, 1.54) is 13.0 Å². The SMILES string of the molecule is CC(=O)c1ccc(NS(=O)(=O)c2ccc3c(c2)CCCO3)cc1. The van der Waals surface area contributed by atoms with Gasteiger partial charge in [0, 0.05) is 11.3 Å². The summed E-state index contributed by atoms with van der Waals surface area (Å²) in [5, 5.41) is 0. The van der Waals surface area contributed by atoms with E-state index in [-0.39, 0.29) is 10.7 Å². The van der Waals surface area contributed by atoms with Gasteiger partial charge in [-0.3, -0.25) is 9.52 Å². The quantitative estimate of drug-likeness (QED) is 0.874. The number of Topliss-reactive ketones (excluding diaryl/α,β-unsaturated/α-hetero) is 1. The lowest BCUT2D eigenvalue weighted by molar-refractivity contribution is 0.101. The van der Waals surface area contributed by atoms with Crippen molar-refractivity contribution in [3.63, 3.8) is 0 Å². The van der Waals surface area contributed by atoms with Crippen LogP contribution in [-0.4, -0.2) is 20.8 Å². The number of carbonyl (C=O) groups is 1. The van der Waals surface area contributed by atoms with Gasteiger partial charge in [-0.2, -0.15) is 0 Å². The molecule has 0 unspecified atom stereocenters. The van der Waals surface area contributed by atoms with E-state index in [4.69, 9.17) is 4.74 Å². The van der Waals surface area contributed by atoms with Crippen molar-refractivity contribution in [2.45, 2.75) is 24.7 Å². The van der Waals surface area contributed by atoms with Crippen LogP contribution >= 0.6 is 0 Å². The van der Waals surface area contributed by atoms with Crippen molar-refractivity contribution < 1.29 is 17.9 Å². The molecule has 120 valence electrons. The maximum atomic E-state index is 12.5. The van der Waals surface area contributed by atoms with Gasteiger partial charge in [-0.1, -0.05) is 0 Å². The Bertz CT molecular complexity index is 841. The van der Waals surface area contributed by atoms with Gasteiger partial charge >= 0.3 is 0 Å². The van der Waals surface area contributed by atoms with Gasteiger partial charge in [0.15, 0.2) is 5.78 Å². The number of rotatable bonds is 4. The zero-order valence-electron chi connectivity index (χ0n) is 12.7. The van der Waals surface area contributed by atoms with Gasteiger partial charge in [-0.15, -0.1) is 0 Å². The van der Waals surface area contributed by atoms with Crippen LogP contribution < -0.4 is 9.46 Å². The van der Waals surface area contributed by atoms with Crippen LogP contribution in [0.3, 0.4) is 0 Å². The fourth-order valence-electron chi connectivity index (χ4n) is 2.49. The average Bonchev–Trinajstić information content (AvgIpc) is 2.54. The van der Waals surface area contributed by atoms with Crippen molar-refractivity contribution in [1.29, 1.82) is 0 Å². The number of fused-ring (bicyclic) bond motifs is 1. The predicted octanol–water partition coefficient (Wildman–Crippen LogP) is 3.02. The van der Waals surface area contributed by atoms with Crippen LogP contribution in [0.1, 0.15) is 29.3 Å². The first kappa shape index (κ1) is 15.6. The zero-order valence-corrected chi connectivity index (χ0v) is 13.5. The normalized spacial score (nSPS) is 13.8. The Balaban J connectivity index is 1.85. The van der Waals surface area contributed by atoms with E-state index in [9.17, 15) is 13.2 Å². The Morgan fingerprint density at radius 2 is 1.87 bits per heavy atom. The Labute approximate surface area is 135 Å². The van der Waals surface area contributed by atoms with Crippen molar-refractivity contribution in [2.24, 2.45) is 0 Å². The van der Waals surface area contributed by atoms with E-state index in [0.717, 1.165) is 24.2 Å². The molecule has 6 heteroatoms. The number of anilines is 1. The lowest BCUT2D eigenvalue weighted by Gasteiger charge is -2.18. The lowest BCUT2D eigenvalue weighted by atomic mass is 10.1.